The molecule has 0 heterocycles. The second-order valence-electron chi connectivity index (χ2n) is 7.07. The van der Waals surface area contributed by atoms with Crippen molar-refractivity contribution in [1.29, 1.82) is 0 Å². The molecule has 3 aromatic carbocycles. The predicted molar refractivity (Wildman–Crippen MR) is 106 cm³/mol. The molecule has 0 aliphatic carbocycles. The van der Waals surface area contributed by atoms with Crippen LogP contribution in [0.5, 0.6) is 0 Å². The van der Waals surface area contributed by atoms with Gasteiger partial charge in [0.2, 0.25) is 5.91 Å². The third-order valence-electron chi connectivity index (χ3n) is 4.69. The van der Waals surface area contributed by atoms with E-state index < -0.39 is 5.60 Å². The Kier molecular flexibility index (Phi) is 5.69. The van der Waals surface area contributed by atoms with E-state index in [9.17, 15) is 9.90 Å². The van der Waals surface area contributed by atoms with Crippen LogP contribution in [0.25, 0.3) is 10.8 Å². The molecule has 1 unspecified atom stereocenters. The first kappa shape index (κ1) is 18.2. The molecule has 0 radical (unpaired) electrons. The number of carbonyl (C=O) groups is 1. The van der Waals surface area contributed by atoms with Gasteiger partial charge in [-0.3, -0.25) is 4.79 Å². The fraction of sp³-hybridized carbons (Fsp3) is 0.261. The molecule has 26 heavy (non-hydrogen) atoms. The van der Waals surface area contributed by atoms with E-state index >= 15 is 0 Å². The Morgan fingerprint density at radius 1 is 0.962 bits per heavy atom. The van der Waals surface area contributed by atoms with Crippen LogP contribution in [0.4, 0.5) is 0 Å². The lowest BCUT2D eigenvalue weighted by molar-refractivity contribution is -0.121. The number of hydrogen-bond acceptors (Lipinski definition) is 2. The lowest BCUT2D eigenvalue weighted by atomic mass is 9.96. The summed E-state index contributed by atoms with van der Waals surface area (Å²) in [7, 11) is 0. The lowest BCUT2D eigenvalue weighted by Crippen LogP contribution is -2.41. The van der Waals surface area contributed by atoms with Gasteiger partial charge >= 0.3 is 0 Å². The zero-order valence-corrected chi connectivity index (χ0v) is 15.1. The predicted octanol–water partition coefficient (Wildman–Crippen LogP) is 3.88. The average Bonchev–Trinajstić information content (AvgIpc) is 2.66. The number of nitrogens with one attached hydrogen (secondary N) is 1. The third-order valence-corrected chi connectivity index (χ3v) is 4.69. The van der Waals surface area contributed by atoms with Gasteiger partial charge in [0, 0.05) is 6.54 Å². The van der Waals surface area contributed by atoms with Crippen molar-refractivity contribution in [1.82, 2.24) is 5.32 Å². The van der Waals surface area contributed by atoms with Gasteiger partial charge < -0.3 is 10.4 Å². The number of rotatable bonds is 7. The molecule has 3 heteroatoms. The first-order valence-corrected chi connectivity index (χ1v) is 9.03. The van der Waals surface area contributed by atoms with Crippen molar-refractivity contribution in [3.8, 4) is 0 Å². The van der Waals surface area contributed by atoms with E-state index in [1.54, 1.807) is 6.92 Å². The van der Waals surface area contributed by atoms with Crippen LogP contribution in [-0.4, -0.2) is 23.2 Å². The molecular formula is C23H25NO2. The smallest absolute Gasteiger partial charge is 0.224 e. The summed E-state index contributed by atoms with van der Waals surface area (Å²) in [5.41, 5.74) is 1.27. The van der Waals surface area contributed by atoms with Gasteiger partial charge in [-0.1, -0.05) is 72.8 Å². The Morgan fingerprint density at radius 2 is 1.65 bits per heavy atom. The molecule has 3 nitrogen and oxygen atoms in total. The quantitative estimate of drug-likeness (QED) is 0.681. The zero-order valence-electron chi connectivity index (χ0n) is 15.1. The molecular weight excluding hydrogens is 322 g/mol. The number of fused-ring (bicyclic) bond motifs is 1. The van der Waals surface area contributed by atoms with E-state index in [1.165, 1.54) is 5.56 Å². The fourth-order valence-corrected chi connectivity index (χ4v) is 3.12. The van der Waals surface area contributed by atoms with E-state index in [2.05, 4.69) is 17.4 Å². The molecule has 0 saturated heterocycles. The largest absolute Gasteiger partial charge is 0.388 e. The normalized spacial score (nSPS) is 13.3. The highest BCUT2D eigenvalue weighted by Crippen LogP contribution is 2.19. The summed E-state index contributed by atoms with van der Waals surface area (Å²) in [4.78, 5) is 12.4. The maximum atomic E-state index is 12.4. The van der Waals surface area contributed by atoms with E-state index in [1.807, 2.05) is 60.7 Å². The minimum atomic E-state index is -0.926. The Bertz CT molecular complexity index is 866. The van der Waals surface area contributed by atoms with Crippen molar-refractivity contribution in [2.75, 3.05) is 6.54 Å². The molecule has 0 aliphatic rings. The highest BCUT2D eigenvalue weighted by molar-refractivity contribution is 5.90. The van der Waals surface area contributed by atoms with Gasteiger partial charge in [-0.2, -0.15) is 0 Å². The van der Waals surface area contributed by atoms with Crippen LogP contribution in [-0.2, 0) is 17.6 Å². The third kappa shape index (κ3) is 4.93. The molecule has 0 aromatic heterocycles. The Labute approximate surface area is 154 Å². The van der Waals surface area contributed by atoms with Crippen molar-refractivity contribution < 1.29 is 9.90 Å². The maximum absolute atomic E-state index is 12.4. The number of carbonyl (C=O) groups excluding carboxylic acids is 1. The summed E-state index contributed by atoms with van der Waals surface area (Å²) in [5, 5.41) is 15.7. The van der Waals surface area contributed by atoms with Gasteiger partial charge in [-0.25, -0.2) is 0 Å². The van der Waals surface area contributed by atoms with Gasteiger partial charge in [0.05, 0.1) is 12.0 Å². The van der Waals surface area contributed by atoms with Crippen molar-refractivity contribution in [3.05, 3.63) is 83.9 Å². The summed E-state index contributed by atoms with van der Waals surface area (Å²) in [6.07, 6.45) is 1.70. The molecule has 0 aliphatic heterocycles. The minimum Gasteiger partial charge on any atom is -0.388 e. The topological polar surface area (TPSA) is 49.3 Å². The number of benzene rings is 3. The summed E-state index contributed by atoms with van der Waals surface area (Å²) in [5.74, 6) is -0.0682. The molecule has 134 valence electrons. The molecule has 0 bridgehead atoms. The highest BCUT2D eigenvalue weighted by Gasteiger charge is 2.21. The van der Waals surface area contributed by atoms with E-state index in [-0.39, 0.29) is 12.5 Å². The standard InChI is InChI=1S/C23H25NO2/c1-23(26,15-14-18-8-3-2-4-9-18)17-24-22(25)16-20-12-7-11-19-10-5-6-13-21(19)20/h2-13,26H,14-17H2,1H3,(H,24,25). The maximum Gasteiger partial charge on any atom is 0.224 e. The first-order chi connectivity index (χ1) is 12.5. The Hall–Kier alpha value is -2.65. The average molecular weight is 347 g/mol. The monoisotopic (exact) mass is 347 g/mol. The SMILES string of the molecule is CC(O)(CCc1ccccc1)CNC(=O)Cc1cccc2ccccc12. The number of hydrogen-bond donors (Lipinski definition) is 2. The van der Waals surface area contributed by atoms with Crippen LogP contribution in [0.1, 0.15) is 24.5 Å². The van der Waals surface area contributed by atoms with E-state index in [4.69, 9.17) is 0 Å². The van der Waals surface area contributed by atoms with Crippen LogP contribution in [0.15, 0.2) is 72.8 Å². The van der Waals surface area contributed by atoms with Crippen LogP contribution >= 0.6 is 0 Å². The molecule has 1 atom stereocenters. The van der Waals surface area contributed by atoms with Gasteiger partial charge in [0.15, 0.2) is 0 Å². The molecule has 0 fully saturated rings. The second kappa shape index (κ2) is 8.15. The van der Waals surface area contributed by atoms with Crippen molar-refractivity contribution in [3.63, 3.8) is 0 Å². The van der Waals surface area contributed by atoms with Crippen molar-refractivity contribution in [2.45, 2.75) is 31.8 Å². The Morgan fingerprint density at radius 3 is 2.46 bits per heavy atom. The summed E-state index contributed by atoms with van der Waals surface area (Å²) >= 11 is 0. The molecule has 3 rings (SSSR count). The van der Waals surface area contributed by atoms with E-state index in [0.717, 1.165) is 22.8 Å². The van der Waals surface area contributed by atoms with Crippen LogP contribution in [0.3, 0.4) is 0 Å². The number of amides is 1. The van der Waals surface area contributed by atoms with Gasteiger partial charge in [0.25, 0.3) is 0 Å². The summed E-state index contributed by atoms with van der Waals surface area (Å²) < 4.78 is 0. The number of aryl methyl sites for hydroxylation is 1. The molecule has 1 amide bonds. The summed E-state index contributed by atoms with van der Waals surface area (Å²) in [6.45, 7) is 2.03. The fourth-order valence-electron chi connectivity index (χ4n) is 3.12. The van der Waals surface area contributed by atoms with Gasteiger partial charge in [-0.05, 0) is 41.7 Å². The van der Waals surface area contributed by atoms with Crippen LogP contribution in [0, 0.1) is 0 Å². The van der Waals surface area contributed by atoms with E-state index in [0.29, 0.717) is 12.8 Å². The van der Waals surface area contributed by atoms with Crippen molar-refractivity contribution >= 4 is 16.7 Å². The minimum absolute atomic E-state index is 0.0682. The lowest BCUT2D eigenvalue weighted by Gasteiger charge is -2.24. The van der Waals surface area contributed by atoms with Gasteiger partial charge in [0.1, 0.15) is 0 Å². The molecule has 0 saturated carbocycles. The Balaban J connectivity index is 1.54. The first-order valence-electron chi connectivity index (χ1n) is 9.03. The zero-order chi connectivity index (χ0) is 18.4. The molecule has 2 N–H and O–H groups in total. The molecule has 3 aromatic rings. The number of aliphatic hydroxyl groups is 1. The van der Waals surface area contributed by atoms with Crippen LogP contribution in [0.2, 0.25) is 0 Å². The second-order valence-corrected chi connectivity index (χ2v) is 7.07. The van der Waals surface area contributed by atoms with Gasteiger partial charge in [-0.15, -0.1) is 0 Å². The van der Waals surface area contributed by atoms with Crippen molar-refractivity contribution in [2.24, 2.45) is 0 Å². The summed E-state index contributed by atoms with van der Waals surface area (Å²) in [6, 6.07) is 24.1. The highest BCUT2D eigenvalue weighted by atomic mass is 16.3. The molecule has 0 spiro atoms. The van der Waals surface area contributed by atoms with Crippen LogP contribution < -0.4 is 5.32 Å².